The summed E-state index contributed by atoms with van der Waals surface area (Å²) in [4.78, 5) is 15.6. The SMILES string of the molecule is CC(C)=CC(=O)Oc1ccc2oc(C)nc2c1. The molecule has 17 heavy (non-hydrogen) atoms. The van der Waals surface area contributed by atoms with Gasteiger partial charge in [0.1, 0.15) is 11.3 Å². The van der Waals surface area contributed by atoms with E-state index in [-0.39, 0.29) is 5.97 Å². The van der Waals surface area contributed by atoms with Crippen LogP contribution in [0.2, 0.25) is 0 Å². The Bertz CT molecular complexity index is 592. The molecule has 0 amide bonds. The molecule has 1 aromatic carbocycles. The summed E-state index contributed by atoms with van der Waals surface area (Å²) < 4.78 is 10.5. The van der Waals surface area contributed by atoms with Gasteiger partial charge < -0.3 is 9.15 Å². The van der Waals surface area contributed by atoms with Crippen LogP contribution in [-0.4, -0.2) is 11.0 Å². The third-order valence-electron chi connectivity index (χ3n) is 2.09. The predicted molar refractivity (Wildman–Crippen MR) is 63.8 cm³/mol. The molecule has 0 fully saturated rings. The molecular weight excluding hydrogens is 218 g/mol. The Balaban J connectivity index is 2.25. The zero-order valence-electron chi connectivity index (χ0n) is 9.98. The fourth-order valence-corrected chi connectivity index (χ4v) is 1.47. The lowest BCUT2D eigenvalue weighted by Crippen LogP contribution is -2.04. The number of aryl methyl sites for hydroxylation is 1. The lowest BCUT2D eigenvalue weighted by molar-refractivity contribution is -0.129. The molecule has 4 nitrogen and oxygen atoms in total. The van der Waals surface area contributed by atoms with E-state index in [9.17, 15) is 4.79 Å². The fraction of sp³-hybridized carbons (Fsp3) is 0.231. The maximum Gasteiger partial charge on any atom is 0.336 e. The molecule has 0 atom stereocenters. The molecule has 0 saturated heterocycles. The number of hydrogen-bond donors (Lipinski definition) is 0. The molecule has 1 aromatic heterocycles. The summed E-state index contributed by atoms with van der Waals surface area (Å²) in [5, 5.41) is 0. The van der Waals surface area contributed by atoms with Crippen LogP contribution in [0, 0.1) is 6.92 Å². The Morgan fingerprint density at radius 2 is 2.18 bits per heavy atom. The number of nitrogens with zero attached hydrogens (tertiary/aromatic N) is 1. The molecule has 88 valence electrons. The van der Waals surface area contributed by atoms with Crippen LogP contribution in [0.3, 0.4) is 0 Å². The molecule has 0 aliphatic heterocycles. The van der Waals surface area contributed by atoms with Gasteiger partial charge in [-0.2, -0.15) is 0 Å². The molecule has 0 unspecified atom stereocenters. The Morgan fingerprint density at radius 3 is 2.88 bits per heavy atom. The molecule has 0 saturated carbocycles. The molecule has 0 N–H and O–H groups in total. The topological polar surface area (TPSA) is 52.3 Å². The molecule has 0 aliphatic carbocycles. The van der Waals surface area contributed by atoms with Gasteiger partial charge >= 0.3 is 5.97 Å². The lowest BCUT2D eigenvalue weighted by Gasteiger charge is -2.00. The second kappa shape index (κ2) is 4.41. The van der Waals surface area contributed by atoms with Crippen LogP contribution >= 0.6 is 0 Å². The molecule has 0 radical (unpaired) electrons. The van der Waals surface area contributed by atoms with Crippen LogP contribution in [0.1, 0.15) is 19.7 Å². The number of aromatic nitrogens is 1. The van der Waals surface area contributed by atoms with Gasteiger partial charge in [0.15, 0.2) is 11.5 Å². The van der Waals surface area contributed by atoms with Crippen molar-refractivity contribution in [3.63, 3.8) is 0 Å². The van der Waals surface area contributed by atoms with Gasteiger partial charge in [0.05, 0.1) is 0 Å². The van der Waals surface area contributed by atoms with Gasteiger partial charge in [-0.05, 0) is 26.0 Å². The lowest BCUT2D eigenvalue weighted by atomic mass is 10.3. The van der Waals surface area contributed by atoms with Crippen molar-refractivity contribution in [2.45, 2.75) is 20.8 Å². The van der Waals surface area contributed by atoms with Gasteiger partial charge in [-0.15, -0.1) is 0 Å². The first-order valence-electron chi connectivity index (χ1n) is 5.28. The van der Waals surface area contributed by atoms with Crippen molar-refractivity contribution in [2.24, 2.45) is 0 Å². The first-order chi connectivity index (χ1) is 8.04. The van der Waals surface area contributed by atoms with Crippen LogP contribution in [0.5, 0.6) is 5.75 Å². The van der Waals surface area contributed by atoms with Crippen molar-refractivity contribution in [3.05, 3.63) is 35.7 Å². The van der Waals surface area contributed by atoms with Crippen LogP contribution < -0.4 is 4.74 Å². The first kappa shape index (κ1) is 11.4. The number of ether oxygens (including phenoxy) is 1. The van der Waals surface area contributed by atoms with E-state index in [2.05, 4.69) is 4.98 Å². The Morgan fingerprint density at radius 1 is 1.41 bits per heavy atom. The third-order valence-corrected chi connectivity index (χ3v) is 2.09. The summed E-state index contributed by atoms with van der Waals surface area (Å²) in [6, 6.07) is 5.10. The number of esters is 1. The third kappa shape index (κ3) is 2.72. The van der Waals surface area contributed by atoms with Crippen LogP contribution in [-0.2, 0) is 4.79 Å². The van der Waals surface area contributed by atoms with Gasteiger partial charge in [0, 0.05) is 19.1 Å². The molecular formula is C13H13NO3. The Hall–Kier alpha value is -2.10. The average molecular weight is 231 g/mol. The van der Waals surface area contributed by atoms with E-state index >= 15 is 0 Å². The molecule has 4 heteroatoms. The number of allylic oxidation sites excluding steroid dienone is 1. The first-order valence-corrected chi connectivity index (χ1v) is 5.28. The summed E-state index contributed by atoms with van der Waals surface area (Å²) >= 11 is 0. The molecule has 0 aliphatic rings. The number of carbonyl (C=O) groups is 1. The van der Waals surface area contributed by atoms with Crippen molar-refractivity contribution < 1.29 is 13.9 Å². The standard InChI is InChI=1S/C13H13NO3/c1-8(2)6-13(15)17-10-4-5-12-11(7-10)14-9(3)16-12/h4-7H,1-3H3. The van der Waals surface area contributed by atoms with Gasteiger partial charge in [0.25, 0.3) is 0 Å². The number of hydrogen-bond acceptors (Lipinski definition) is 4. The van der Waals surface area contributed by atoms with E-state index in [0.29, 0.717) is 22.7 Å². The number of fused-ring (bicyclic) bond motifs is 1. The van der Waals surface area contributed by atoms with E-state index in [1.54, 1.807) is 25.1 Å². The summed E-state index contributed by atoms with van der Waals surface area (Å²) in [5.41, 5.74) is 2.27. The van der Waals surface area contributed by atoms with Gasteiger partial charge in [-0.3, -0.25) is 0 Å². The summed E-state index contributed by atoms with van der Waals surface area (Å²) in [6.07, 6.45) is 1.44. The van der Waals surface area contributed by atoms with Gasteiger partial charge in [-0.25, -0.2) is 9.78 Å². The van der Waals surface area contributed by atoms with E-state index in [1.165, 1.54) is 6.08 Å². The van der Waals surface area contributed by atoms with E-state index in [4.69, 9.17) is 9.15 Å². The minimum absolute atomic E-state index is 0.385. The summed E-state index contributed by atoms with van der Waals surface area (Å²) in [7, 11) is 0. The Labute approximate surface area is 98.9 Å². The van der Waals surface area contributed by atoms with Crippen molar-refractivity contribution >= 4 is 17.1 Å². The average Bonchev–Trinajstić information content (AvgIpc) is 2.55. The highest BCUT2D eigenvalue weighted by molar-refractivity contribution is 5.85. The number of rotatable bonds is 2. The smallest absolute Gasteiger partial charge is 0.336 e. The summed E-state index contributed by atoms with van der Waals surface area (Å²) in [6.45, 7) is 5.45. The monoisotopic (exact) mass is 231 g/mol. The zero-order valence-corrected chi connectivity index (χ0v) is 9.98. The summed E-state index contributed by atoms with van der Waals surface area (Å²) in [5.74, 6) is 0.672. The normalized spacial score (nSPS) is 10.3. The maximum absolute atomic E-state index is 11.4. The van der Waals surface area contributed by atoms with E-state index in [0.717, 1.165) is 5.57 Å². The molecule has 0 bridgehead atoms. The number of oxazole rings is 1. The predicted octanol–water partition coefficient (Wildman–Crippen LogP) is 3.01. The largest absolute Gasteiger partial charge is 0.441 e. The van der Waals surface area contributed by atoms with E-state index < -0.39 is 0 Å². The maximum atomic E-state index is 11.4. The van der Waals surface area contributed by atoms with Crippen molar-refractivity contribution in [1.29, 1.82) is 0 Å². The minimum atomic E-state index is -0.385. The van der Waals surface area contributed by atoms with Crippen molar-refractivity contribution in [1.82, 2.24) is 4.98 Å². The van der Waals surface area contributed by atoms with Crippen LogP contribution in [0.15, 0.2) is 34.3 Å². The second-order valence-electron chi connectivity index (χ2n) is 4.01. The highest BCUT2D eigenvalue weighted by atomic mass is 16.5. The zero-order chi connectivity index (χ0) is 12.4. The number of carbonyl (C=O) groups excluding carboxylic acids is 1. The Kier molecular flexibility index (Phi) is 2.95. The molecule has 0 spiro atoms. The number of benzene rings is 1. The molecule has 2 aromatic rings. The van der Waals surface area contributed by atoms with Crippen molar-refractivity contribution in [3.8, 4) is 5.75 Å². The highest BCUT2D eigenvalue weighted by Crippen LogP contribution is 2.21. The van der Waals surface area contributed by atoms with E-state index in [1.807, 2.05) is 13.8 Å². The second-order valence-corrected chi connectivity index (χ2v) is 4.01. The minimum Gasteiger partial charge on any atom is -0.441 e. The van der Waals surface area contributed by atoms with Gasteiger partial charge in [0.2, 0.25) is 0 Å². The van der Waals surface area contributed by atoms with Crippen molar-refractivity contribution in [2.75, 3.05) is 0 Å². The fourth-order valence-electron chi connectivity index (χ4n) is 1.47. The quantitative estimate of drug-likeness (QED) is 0.453. The van der Waals surface area contributed by atoms with Crippen LogP contribution in [0.4, 0.5) is 0 Å². The highest BCUT2D eigenvalue weighted by Gasteiger charge is 2.06. The molecule has 1 heterocycles. The van der Waals surface area contributed by atoms with Crippen LogP contribution in [0.25, 0.3) is 11.1 Å². The molecule has 2 rings (SSSR count). The van der Waals surface area contributed by atoms with Gasteiger partial charge in [-0.1, -0.05) is 5.57 Å².